The number of nitrogens with one attached hydrogen (secondary N) is 1. The highest BCUT2D eigenvalue weighted by Crippen LogP contribution is 2.26. The van der Waals surface area contributed by atoms with Gasteiger partial charge in [0, 0.05) is 13.5 Å². The molecule has 0 aliphatic carbocycles. The fourth-order valence-corrected chi connectivity index (χ4v) is 3.10. The lowest BCUT2D eigenvalue weighted by molar-refractivity contribution is -0.120. The van der Waals surface area contributed by atoms with E-state index in [-0.39, 0.29) is 5.91 Å². The number of hydrogen-bond acceptors (Lipinski definition) is 3. The molecule has 1 aliphatic rings. The molecular formula is C19H19N3O2. The number of hydrogen-bond donors (Lipinski definition) is 1. The van der Waals surface area contributed by atoms with Crippen LogP contribution in [0.25, 0.3) is 11.0 Å². The van der Waals surface area contributed by atoms with Crippen LogP contribution in [-0.2, 0) is 31.2 Å². The first-order valence-corrected chi connectivity index (χ1v) is 8.12. The smallest absolute Gasteiger partial charge is 0.224 e. The molecule has 4 rings (SSSR count). The minimum Gasteiger partial charge on any atom is -0.493 e. The van der Waals surface area contributed by atoms with Gasteiger partial charge in [0.15, 0.2) is 0 Å². The molecule has 1 aliphatic heterocycles. The number of fused-ring (bicyclic) bond motifs is 2. The van der Waals surface area contributed by atoms with E-state index in [1.807, 2.05) is 48.0 Å². The van der Waals surface area contributed by atoms with Gasteiger partial charge in [-0.15, -0.1) is 0 Å². The second-order valence-electron chi connectivity index (χ2n) is 6.07. The zero-order valence-corrected chi connectivity index (χ0v) is 13.6. The maximum atomic E-state index is 12.2. The van der Waals surface area contributed by atoms with Crippen molar-refractivity contribution in [1.29, 1.82) is 0 Å². The summed E-state index contributed by atoms with van der Waals surface area (Å²) in [6, 6.07) is 14.0. The molecule has 0 fully saturated rings. The Balaban J connectivity index is 1.42. The van der Waals surface area contributed by atoms with Crippen molar-refractivity contribution in [3.63, 3.8) is 0 Å². The van der Waals surface area contributed by atoms with Crippen molar-refractivity contribution in [2.45, 2.75) is 19.4 Å². The standard InChI is InChI=1S/C19H19N3O2/c1-22-16-5-3-2-4-15(16)21-18(22)12-20-19(23)11-13-6-7-14-8-9-24-17(14)10-13/h2-7,10H,8-9,11-12H2,1H3,(H,20,23). The van der Waals surface area contributed by atoms with Gasteiger partial charge in [0.05, 0.1) is 30.6 Å². The maximum Gasteiger partial charge on any atom is 0.224 e. The van der Waals surface area contributed by atoms with Crippen LogP contribution in [0.3, 0.4) is 0 Å². The third-order valence-electron chi connectivity index (χ3n) is 4.45. The number of carbonyl (C=O) groups excluding carboxylic acids is 1. The Hall–Kier alpha value is -2.82. The summed E-state index contributed by atoms with van der Waals surface area (Å²) in [5.74, 6) is 1.75. The SMILES string of the molecule is Cn1c(CNC(=O)Cc2ccc3c(c2)OCC3)nc2ccccc21. The molecule has 24 heavy (non-hydrogen) atoms. The first-order valence-electron chi connectivity index (χ1n) is 8.12. The van der Waals surface area contributed by atoms with Crippen LogP contribution in [0, 0.1) is 0 Å². The van der Waals surface area contributed by atoms with Crippen molar-refractivity contribution in [2.24, 2.45) is 7.05 Å². The number of benzene rings is 2. The summed E-state index contributed by atoms with van der Waals surface area (Å²) in [6.07, 6.45) is 1.30. The molecule has 0 unspecified atom stereocenters. The molecule has 5 heteroatoms. The average Bonchev–Trinajstić information content (AvgIpc) is 3.17. The molecule has 1 N–H and O–H groups in total. The summed E-state index contributed by atoms with van der Waals surface area (Å²) < 4.78 is 7.57. The molecule has 2 aromatic carbocycles. The number of aryl methyl sites for hydroxylation is 1. The van der Waals surface area contributed by atoms with Gasteiger partial charge in [-0.3, -0.25) is 4.79 Å². The Labute approximate surface area is 140 Å². The lowest BCUT2D eigenvalue weighted by Gasteiger charge is -2.07. The monoisotopic (exact) mass is 321 g/mol. The number of para-hydroxylation sites is 2. The lowest BCUT2D eigenvalue weighted by Crippen LogP contribution is -2.26. The molecule has 1 aromatic heterocycles. The Morgan fingerprint density at radius 3 is 3.04 bits per heavy atom. The van der Waals surface area contributed by atoms with Gasteiger partial charge in [-0.1, -0.05) is 24.3 Å². The number of ether oxygens (including phenoxy) is 1. The second-order valence-corrected chi connectivity index (χ2v) is 6.07. The summed E-state index contributed by atoms with van der Waals surface area (Å²) in [6.45, 7) is 1.16. The number of carbonyl (C=O) groups is 1. The molecule has 0 saturated carbocycles. The Morgan fingerprint density at radius 1 is 1.29 bits per heavy atom. The van der Waals surface area contributed by atoms with Gasteiger partial charge in [0.25, 0.3) is 0 Å². The minimum atomic E-state index is -0.0139. The van der Waals surface area contributed by atoms with Crippen LogP contribution in [0.4, 0.5) is 0 Å². The number of aromatic nitrogens is 2. The molecule has 5 nitrogen and oxygen atoms in total. The largest absolute Gasteiger partial charge is 0.493 e. The van der Waals surface area contributed by atoms with Crippen molar-refractivity contribution >= 4 is 16.9 Å². The van der Waals surface area contributed by atoms with Gasteiger partial charge in [-0.2, -0.15) is 0 Å². The first kappa shape index (κ1) is 14.8. The van der Waals surface area contributed by atoms with Crippen LogP contribution in [-0.4, -0.2) is 22.1 Å². The number of rotatable bonds is 4. The zero-order valence-electron chi connectivity index (χ0n) is 13.6. The highest BCUT2D eigenvalue weighted by molar-refractivity contribution is 5.79. The van der Waals surface area contributed by atoms with E-state index in [4.69, 9.17) is 4.74 Å². The predicted octanol–water partition coefficient (Wildman–Crippen LogP) is 2.37. The van der Waals surface area contributed by atoms with E-state index in [0.717, 1.165) is 41.2 Å². The lowest BCUT2D eigenvalue weighted by atomic mass is 10.1. The summed E-state index contributed by atoms with van der Waals surface area (Å²) >= 11 is 0. The highest BCUT2D eigenvalue weighted by atomic mass is 16.5. The van der Waals surface area contributed by atoms with Crippen LogP contribution in [0.5, 0.6) is 5.75 Å². The molecular weight excluding hydrogens is 302 g/mol. The average molecular weight is 321 g/mol. The predicted molar refractivity (Wildman–Crippen MR) is 91.9 cm³/mol. The molecule has 0 bridgehead atoms. The molecule has 0 saturated heterocycles. The minimum absolute atomic E-state index is 0.0139. The van der Waals surface area contributed by atoms with Gasteiger partial charge in [-0.25, -0.2) is 4.98 Å². The van der Waals surface area contributed by atoms with Crippen molar-refractivity contribution in [3.05, 3.63) is 59.4 Å². The fraction of sp³-hybridized carbons (Fsp3) is 0.263. The summed E-state index contributed by atoms with van der Waals surface area (Å²) in [7, 11) is 1.97. The van der Waals surface area contributed by atoms with E-state index in [1.54, 1.807) is 0 Å². The van der Waals surface area contributed by atoms with Gasteiger partial charge < -0.3 is 14.6 Å². The highest BCUT2D eigenvalue weighted by Gasteiger charge is 2.14. The molecule has 1 amide bonds. The second kappa shape index (κ2) is 6.00. The van der Waals surface area contributed by atoms with Gasteiger partial charge >= 0.3 is 0 Å². The first-order chi connectivity index (χ1) is 11.7. The summed E-state index contributed by atoms with van der Waals surface area (Å²) in [4.78, 5) is 16.8. The van der Waals surface area contributed by atoms with Crippen LogP contribution < -0.4 is 10.1 Å². The number of nitrogens with zero attached hydrogens (tertiary/aromatic N) is 2. The van der Waals surface area contributed by atoms with E-state index in [2.05, 4.69) is 16.4 Å². The van der Waals surface area contributed by atoms with E-state index in [1.165, 1.54) is 5.56 Å². The molecule has 122 valence electrons. The molecule has 0 atom stereocenters. The van der Waals surface area contributed by atoms with Crippen LogP contribution in [0.1, 0.15) is 17.0 Å². The Bertz CT molecular complexity index is 914. The molecule has 0 spiro atoms. The molecule has 2 heterocycles. The summed E-state index contributed by atoms with van der Waals surface area (Å²) in [5.41, 5.74) is 4.20. The van der Waals surface area contributed by atoms with Crippen LogP contribution in [0.2, 0.25) is 0 Å². The molecule has 0 radical (unpaired) electrons. The summed E-state index contributed by atoms with van der Waals surface area (Å²) in [5, 5.41) is 2.95. The number of amides is 1. The van der Waals surface area contributed by atoms with E-state index in [9.17, 15) is 4.79 Å². The van der Waals surface area contributed by atoms with Gasteiger partial charge in [0.1, 0.15) is 11.6 Å². The fourth-order valence-electron chi connectivity index (χ4n) is 3.10. The van der Waals surface area contributed by atoms with E-state index >= 15 is 0 Å². The Morgan fingerprint density at radius 2 is 2.17 bits per heavy atom. The van der Waals surface area contributed by atoms with Crippen molar-refractivity contribution in [2.75, 3.05) is 6.61 Å². The normalized spacial score (nSPS) is 12.9. The maximum absolute atomic E-state index is 12.2. The van der Waals surface area contributed by atoms with Gasteiger partial charge in [0.2, 0.25) is 5.91 Å². The van der Waals surface area contributed by atoms with E-state index < -0.39 is 0 Å². The van der Waals surface area contributed by atoms with Crippen molar-refractivity contribution in [1.82, 2.24) is 14.9 Å². The Kier molecular flexibility index (Phi) is 3.69. The van der Waals surface area contributed by atoms with Crippen LogP contribution >= 0.6 is 0 Å². The third kappa shape index (κ3) is 2.73. The van der Waals surface area contributed by atoms with Crippen molar-refractivity contribution < 1.29 is 9.53 Å². The third-order valence-corrected chi connectivity index (χ3v) is 4.45. The number of imidazole rings is 1. The molecule has 3 aromatic rings. The quantitative estimate of drug-likeness (QED) is 0.802. The van der Waals surface area contributed by atoms with E-state index in [0.29, 0.717) is 13.0 Å². The van der Waals surface area contributed by atoms with Crippen LogP contribution in [0.15, 0.2) is 42.5 Å². The van der Waals surface area contributed by atoms with Crippen molar-refractivity contribution in [3.8, 4) is 5.75 Å². The topological polar surface area (TPSA) is 56.2 Å². The van der Waals surface area contributed by atoms with Gasteiger partial charge in [-0.05, 0) is 29.3 Å². The zero-order chi connectivity index (χ0) is 16.5.